The van der Waals surface area contributed by atoms with Gasteiger partial charge in [-0.2, -0.15) is 4.39 Å². The topological polar surface area (TPSA) is 109 Å². The number of methoxy groups -OCH3 is 1. The quantitative estimate of drug-likeness (QED) is 0.254. The number of hydrogen-bond donors (Lipinski definition) is 0. The molecular weight excluding hydrogens is 537 g/mol. The Kier molecular flexibility index (Phi) is 6.34. The number of aromatic nitrogens is 4. The van der Waals surface area contributed by atoms with Gasteiger partial charge in [0.2, 0.25) is 11.8 Å². The van der Waals surface area contributed by atoms with Gasteiger partial charge in [-0.3, -0.25) is 4.90 Å². The van der Waals surface area contributed by atoms with Gasteiger partial charge in [0.1, 0.15) is 9.71 Å². The summed E-state index contributed by atoms with van der Waals surface area (Å²) < 4.78 is 37.2. The first-order chi connectivity index (χ1) is 19.2. The smallest absolute Gasteiger partial charge is 0.417 e. The monoisotopic (exact) mass is 561 g/mol. The molecule has 0 fully saturated rings. The molecule has 0 saturated carbocycles. The molecule has 6 rings (SSSR count). The van der Waals surface area contributed by atoms with E-state index in [1.807, 2.05) is 32.0 Å². The highest BCUT2D eigenvalue weighted by Crippen LogP contribution is 2.46. The fourth-order valence-electron chi connectivity index (χ4n) is 4.44. The summed E-state index contributed by atoms with van der Waals surface area (Å²) in [5, 5.41) is 0.765. The van der Waals surface area contributed by atoms with Gasteiger partial charge in [-0.1, -0.05) is 0 Å². The van der Waals surface area contributed by atoms with E-state index in [2.05, 4.69) is 15.0 Å². The Hall–Kier alpha value is -4.58. The molecule has 12 heteroatoms. The number of hydrogen-bond acceptors (Lipinski definition) is 10. The van der Waals surface area contributed by atoms with Gasteiger partial charge in [0.15, 0.2) is 18.1 Å². The third-order valence-corrected chi connectivity index (χ3v) is 7.59. The second kappa shape index (κ2) is 9.87. The van der Waals surface area contributed by atoms with Gasteiger partial charge in [-0.15, -0.1) is 11.3 Å². The fourth-order valence-corrected chi connectivity index (χ4v) is 5.59. The van der Waals surface area contributed by atoms with E-state index in [4.69, 9.17) is 23.9 Å². The second-order valence-corrected chi connectivity index (χ2v) is 10.4. The van der Waals surface area contributed by atoms with Crippen molar-refractivity contribution in [3.63, 3.8) is 0 Å². The number of benzene rings is 2. The first kappa shape index (κ1) is 25.7. The molecule has 40 heavy (non-hydrogen) atoms. The molecule has 0 saturated heterocycles. The van der Waals surface area contributed by atoms with Gasteiger partial charge in [0.25, 0.3) is 6.29 Å². The summed E-state index contributed by atoms with van der Waals surface area (Å²) in [6.45, 7) is 5.48. The zero-order valence-corrected chi connectivity index (χ0v) is 23.1. The lowest BCUT2D eigenvalue weighted by atomic mass is 10.1. The van der Waals surface area contributed by atoms with Crippen molar-refractivity contribution in [1.82, 2.24) is 19.9 Å². The summed E-state index contributed by atoms with van der Waals surface area (Å²) in [7, 11) is 3.07. The Morgan fingerprint density at radius 2 is 1.90 bits per heavy atom. The number of rotatable bonds is 4. The minimum atomic E-state index is -0.979. The Bertz CT molecular complexity index is 1810. The number of thiazole rings is 1. The summed E-state index contributed by atoms with van der Waals surface area (Å²) >= 11 is 1.46. The maximum atomic E-state index is 13.5. The summed E-state index contributed by atoms with van der Waals surface area (Å²) in [6.07, 6.45) is 1.18. The fraction of sp³-hybridized carbons (Fsp3) is 0.250. The van der Waals surface area contributed by atoms with Crippen LogP contribution in [0.25, 0.3) is 31.8 Å². The molecule has 0 unspecified atom stereocenters. The number of aryl methyl sites for hydroxylation is 3. The van der Waals surface area contributed by atoms with Crippen molar-refractivity contribution in [1.29, 1.82) is 0 Å². The zero-order chi connectivity index (χ0) is 28.1. The first-order valence-electron chi connectivity index (χ1n) is 12.3. The van der Waals surface area contributed by atoms with E-state index < -0.39 is 18.3 Å². The van der Waals surface area contributed by atoms with Crippen LogP contribution in [0.4, 0.5) is 14.9 Å². The van der Waals surface area contributed by atoms with E-state index in [0.29, 0.717) is 34.1 Å². The maximum absolute atomic E-state index is 13.5. The standard InChI is InChI=1S/C28H24FN5O5S/c1-13-6-17(23-18(7-13)32-20(36-5)11-30-23)27-33-22-14(2)9-19-24(25(22)40-27)37-12-21(38-19)39-28(35)34(4)16-8-15(3)26(29)31-10-16/h6-11,21H,12H2,1-5H3/t21-/m1/s1. The van der Waals surface area contributed by atoms with Crippen molar-refractivity contribution in [2.45, 2.75) is 27.1 Å². The molecule has 1 aliphatic heterocycles. The predicted octanol–water partition coefficient (Wildman–Crippen LogP) is 5.74. The van der Waals surface area contributed by atoms with Gasteiger partial charge in [-0.05, 0) is 56.2 Å². The van der Waals surface area contributed by atoms with Crippen molar-refractivity contribution in [2.24, 2.45) is 0 Å². The van der Waals surface area contributed by atoms with Crippen LogP contribution < -0.4 is 19.1 Å². The number of pyridine rings is 1. The van der Waals surface area contributed by atoms with E-state index in [-0.39, 0.29) is 6.61 Å². The molecule has 3 aromatic heterocycles. The van der Waals surface area contributed by atoms with Crippen molar-refractivity contribution >= 4 is 44.4 Å². The van der Waals surface area contributed by atoms with Crippen molar-refractivity contribution in [3.8, 4) is 28.0 Å². The van der Waals surface area contributed by atoms with E-state index in [0.717, 1.165) is 37.4 Å². The molecule has 1 atom stereocenters. The van der Waals surface area contributed by atoms with Crippen LogP contribution in [-0.4, -0.2) is 53.1 Å². The molecule has 0 N–H and O–H groups in total. The number of amides is 1. The van der Waals surface area contributed by atoms with Gasteiger partial charge in [-0.25, -0.2) is 24.7 Å². The minimum absolute atomic E-state index is 0.0166. The minimum Gasteiger partial charge on any atom is -0.480 e. The summed E-state index contributed by atoms with van der Waals surface area (Å²) in [6, 6.07) is 7.32. The Balaban J connectivity index is 1.29. The molecule has 10 nitrogen and oxygen atoms in total. The maximum Gasteiger partial charge on any atom is 0.417 e. The van der Waals surface area contributed by atoms with Gasteiger partial charge < -0.3 is 18.9 Å². The first-order valence-corrected chi connectivity index (χ1v) is 13.2. The van der Waals surface area contributed by atoms with Crippen LogP contribution in [0, 0.1) is 26.7 Å². The molecule has 0 aliphatic carbocycles. The zero-order valence-electron chi connectivity index (χ0n) is 22.3. The largest absolute Gasteiger partial charge is 0.480 e. The molecule has 0 radical (unpaired) electrons. The van der Waals surface area contributed by atoms with Gasteiger partial charge in [0, 0.05) is 18.2 Å². The van der Waals surface area contributed by atoms with Crippen LogP contribution in [0.1, 0.15) is 16.7 Å². The third kappa shape index (κ3) is 4.49. The average Bonchev–Trinajstić information content (AvgIpc) is 3.39. The lowest BCUT2D eigenvalue weighted by Gasteiger charge is -2.28. The molecule has 5 aromatic rings. The average molecular weight is 562 g/mol. The van der Waals surface area contributed by atoms with E-state index >= 15 is 0 Å². The summed E-state index contributed by atoms with van der Waals surface area (Å²) in [4.78, 5) is 31.7. The van der Waals surface area contributed by atoms with E-state index in [1.54, 1.807) is 20.2 Å². The van der Waals surface area contributed by atoms with Crippen LogP contribution >= 0.6 is 11.3 Å². The number of halogens is 1. The van der Waals surface area contributed by atoms with Crippen LogP contribution in [0.5, 0.6) is 17.4 Å². The number of nitrogens with zero attached hydrogens (tertiary/aromatic N) is 5. The highest BCUT2D eigenvalue weighted by molar-refractivity contribution is 7.22. The lowest BCUT2D eigenvalue weighted by molar-refractivity contribution is -0.0718. The van der Waals surface area contributed by atoms with Gasteiger partial charge >= 0.3 is 6.09 Å². The predicted molar refractivity (Wildman–Crippen MR) is 148 cm³/mol. The molecule has 4 heterocycles. The highest BCUT2D eigenvalue weighted by Gasteiger charge is 2.30. The van der Waals surface area contributed by atoms with Crippen molar-refractivity contribution in [2.75, 3.05) is 25.7 Å². The van der Waals surface area contributed by atoms with Crippen molar-refractivity contribution in [3.05, 3.63) is 59.3 Å². The van der Waals surface area contributed by atoms with Crippen LogP contribution in [0.3, 0.4) is 0 Å². The van der Waals surface area contributed by atoms with Gasteiger partial charge in [0.05, 0.1) is 41.7 Å². The molecule has 2 aromatic carbocycles. The van der Waals surface area contributed by atoms with E-state index in [1.165, 1.54) is 35.5 Å². The van der Waals surface area contributed by atoms with Crippen LogP contribution in [0.15, 0.2) is 36.7 Å². The Morgan fingerprint density at radius 3 is 2.67 bits per heavy atom. The molecular formula is C28H24FN5O5S. The Morgan fingerprint density at radius 1 is 1.07 bits per heavy atom. The van der Waals surface area contributed by atoms with Crippen LogP contribution in [-0.2, 0) is 4.74 Å². The number of fused-ring (bicyclic) bond motifs is 4. The molecule has 0 spiro atoms. The van der Waals surface area contributed by atoms with Crippen molar-refractivity contribution < 1.29 is 28.1 Å². The molecule has 1 aliphatic rings. The number of carbonyl (C=O) groups excluding carboxylic acids is 1. The summed E-state index contributed by atoms with van der Waals surface area (Å²) in [5.74, 6) is 0.829. The lowest BCUT2D eigenvalue weighted by Crippen LogP contribution is -2.38. The SMILES string of the molecule is COc1cnc2c(-c3nc4c(C)cc5c(c4s3)OC[C@@H](OC(=O)N(C)c3cnc(F)c(C)c3)O5)cc(C)cc2n1. The number of carbonyl (C=O) groups is 1. The Labute approximate surface area is 232 Å². The molecule has 204 valence electrons. The number of ether oxygens (including phenoxy) is 4. The highest BCUT2D eigenvalue weighted by atomic mass is 32.1. The molecule has 1 amide bonds. The third-order valence-electron chi connectivity index (χ3n) is 6.50. The van der Waals surface area contributed by atoms with E-state index in [9.17, 15) is 9.18 Å². The van der Waals surface area contributed by atoms with Crippen LogP contribution in [0.2, 0.25) is 0 Å². The summed E-state index contributed by atoms with van der Waals surface area (Å²) in [5.41, 5.74) is 5.68. The number of anilines is 1. The normalized spacial score (nSPS) is 14.4. The second-order valence-electron chi connectivity index (χ2n) is 9.41. The molecule has 0 bridgehead atoms.